The molecule has 0 aliphatic heterocycles. The molecule has 108 valence electrons. The summed E-state index contributed by atoms with van der Waals surface area (Å²) in [5.74, 6) is 0.576. The molecule has 1 N–H and O–H groups in total. The van der Waals surface area contributed by atoms with Crippen molar-refractivity contribution in [1.82, 2.24) is 19.7 Å². The molecule has 0 spiro atoms. The van der Waals surface area contributed by atoms with E-state index in [2.05, 4.69) is 31.0 Å². The van der Waals surface area contributed by atoms with Gasteiger partial charge < -0.3 is 4.74 Å². The molecule has 0 aliphatic rings. The van der Waals surface area contributed by atoms with Gasteiger partial charge in [0.2, 0.25) is 10.0 Å². The first-order valence-corrected chi connectivity index (χ1v) is 7.98. The van der Waals surface area contributed by atoms with Crippen LogP contribution in [0.15, 0.2) is 40.0 Å². The third-order valence-electron chi connectivity index (χ3n) is 2.54. The maximum atomic E-state index is 12.1. The minimum Gasteiger partial charge on any atom is -0.496 e. The lowest BCUT2D eigenvalue weighted by Gasteiger charge is -2.09. The van der Waals surface area contributed by atoms with Gasteiger partial charge in [-0.3, -0.25) is 4.68 Å². The molecule has 1 aromatic carbocycles. The van der Waals surface area contributed by atoms with Gasteiger partial charge in [0.25, 0.3) is 0 Å². The number of halogens is 1. The monoisotopic (exact) mass is 360 g/mol. The Hall–Kier alpha value is -1.45. The molecule has 0 atom stereocenters. The summed E-state index contributed by atoms with van der Waals surface area (Å²) < 4.78 is 33.9. The Balaban J connectivity index is 2.04. The van der Waals surface area contributed by atoms with E-state index < -0.39 is 10.0 Å². The van der Waals surface area contributed by atoms with Crippen molar-refractivity contribution in [3.05, 3.63) is 35.1 Å². The maximum absolute atomic E-state index is 12.1. The van der Waals surface area contributed by atoms with Gasteiger partial charge in [-0.05, 0) is 34.1 Å². The molecule has 0 saturated carbocycles. The van der Waals surface area contributed by atoms with Gasteiger partial charge in [-0.15, -0.1) is 5.10 Å². The predicted molar refractivity (Wildman–Crippen MR) is 75.9 cm³/mol. The number of rotatable bonds is 6. The number of methoxy groups -OCH3 is 1. The van der Waals surface area contributed by atoms with Gasteiger partial charge in [0.05, 0.1) is 29.2 Å². The summed E-state index contributed by atoms with van der Waals surface area (Å²) >= 11 is 3.26. The second kappa shape index (κ2) is 6.33. The van der Waals surface area contributed by atoms with Gasteiger partial charge in [-0.2, -0.15) is 0 Å². The molecular weight excluding hydrogens is 348 g/mol. The molecule has 0 aliphatic carbocycles. The van der Waals surface area contributed by atoms with E-state index in [0.29, 0.717) is 16.8 Å². The van der Waals surface area contributed by atoms with Crippen molar-refractivity contribution >= 4 is 26.0 Å². The molecular formula is C11H13BrN4O3S. The fourth-order valence-corrected chi connectivity index (χ4v) is 3.28. The van der Waals surface area contributed by atoms with Crippen LogP contribution in [0.2, 0.25) is 0 Å². The first-order chi connectivity index (χ1) is 9.53. The van der Waals surface area contributed by atoms with Gasteiger partial charge in [-0.1, -0.05) is 5.21 Å². The van der Waals surface area contributed by atoms with Gasteiger partial charge in [0.15, 0.2) is 0 Å². The first kappa shape index (κ1) is 14.9. The van der Waals surface area contributed by atoms with Crippen LogP contribution in [-0.4, -0.2) is 37.1 Å². The van der Waals surface area contributed by atoms with E-state index in [-0.39, 0.29) is 11.4 Å². The molecule has 7 nitrogen and oxygen atoms in total. The highest BCUT2D eigenvalue weighted by molar-refractivity contribution is 9.10. The fourth-order valence-electron chi connectivity index (χ4n) is 1.54. The van der Waals surface area contributed by atoms with Crippen LogP contribution in [0.1, 0.15) is 0 Å². The molecule has 0 saturated heterocycles. The molecule has 9 heteroatoms. The standard InChI is InChI=1S/C11H13BrN4O3S/c1-19-11-3-2-9(8-10(11)12)20(17,18)14-5-7-16-6-4-13-15-16/h2-4,6,8,14H,5,7H2,1H3. The van der Waals surface area contributed by atoms with Gasteiger partial charge >= 0.3 is 0 Å². The molecule has 1 aromatic heterocycles. The molecule has 1 heterocycles. The number of nitrogens with one attached hydrogen (secondary N) is 1. The SMILES string of the molecule is COc1ccc(S(=O)(=O)NCCn2ccnn2)cc1Br. The molecule has 2 rings (SSSR count). The summed E-state index contributed by atoms with van der Waals surface area (Å²) in [6, 6.07) is 4.58. The molecule has 0 radical (unpaired) electrons. The predicted octanol–water partition coefficient (Wildman–Crippen LogP) is 1.03. The second-order valence-electron chi connectivity index (χ2n) is 3.86. The lowest BCUT2D eigenvalue weighted by atomic mass is 10.3. The van der Waals surface area contributed by atoms with Crippen LogP contribution in [0.3, 0.4) is 0 Å². The van der Waals surface area contributed by atoms with Gasteiger partial charge in [0.1, 0.15) is 5.75 Å². The molecule has 20 heavy (non-hydrogen) atoms. The topological polar surface area (TPSA) is 86.1 Å². The second-order valence-corrected chi connectivity index (χ2v) is 6.48. The smallest absolute Gasteiger partial charge is 0.240 e. The van der Waals surface area contributed by atoms with Crippen LogP contribution in [0, 0.1) is 0 Å². The van der Waals surface area contributed by atoms with Crippen LogP contribution < -0.4 is 9.46 Å². The highest BCUT2D eigenvalue weighted by atomic mass is 79.9. The molecule has 0 unspecified atom stereocenters. The fraction of sp³-hybridized carbons (Fsp3) is 0.273. The van der Waals surface area contributed by atoms with E-state index >= 15 is 0 Å². The summed E-state index contributed by atoms with van der Waals surface area (Å²) in [7, 11) is -2.04. The molecule has 0 fully saturated rings. The molecule has 0 bridgehead atoms. The zero-order valence-electron chi connectivity index (χ0n) is 10.7. The average molecular weight is 361 g/mol. The van der Waals surface area contributed by atoms with Crippen LogP contribution in [0.4, 0.5) is 0 Å². The third-order valence-corrected chi connectivity index (χ3v) is 4.62. The van der Waals surface area contributed by atoms with E-state index in [1.807, 2.05) is 0 Å². The summed E-state index contributed by atoms with van der Waals surface area (Å²) in [5.41, 5.74) is 0. The lowest BCUT2D eigenvalue weighted by Crippen LogP contribution is -2.27. The van der Waals surface area contributed by atoms with Crippen molar-refractivity contribution in [3.63, 3.8) is 0 Å². The van der Waals surface area contributed by atoms with E-state index in [0.717, 1.165) is 0 Å². The average Bonchev–Trinajstić information content (AvgIpc) is 2.91. The molecule has 2 aromatic rings. The number of benzene rings is 1. The highest BCUT2D eigenvalue weighted by Crippen LogP contribution is 2.27. The van der Waals surface area contributed by atoms with Gasteiger partial charge in [-0.25, -0.2) is 13.1 Å². The van der Waals surface area contributed by atoms with Gasteiger partial charge in [0, 0.05) is 12.7 Å². The van der Waals surface area contributed by atoms with Crippen molar-refractivity contribution in [2.75, 3.05) is 13.7 Å². The lowest BCUT2D eigenvalue weighted by molar-refractivity contribution is 0.411. The summed E-state index contributed by atoms with van der Waals surface area (Å²) in [6.07, 6.45) is 3.20. The third kappa shape index (κ3) is 3.56. The summed E-state index contributed by atoms with van der Waals surface area (Å²) in [5, 5.41) is 7.39. The Morgan fingerprint density at radius 1 is 1.45 bits per heavy atom. The Bertz CT molecular complexity index is 673. The van der Waals surface area contributed by atoms with E-state index in [9.17, 15) is 8.42 Å². The minimum absolute atomic E-state index is 0.170. The number of sulfonamides is 1. The quantitative estimate of drug-likeness (QED) is 0.831. The van der Waals surface area contributed by atoms with Crippen molar-refractivity contribution in [2.24, 2.45) is 0 Å². The highest BCUT2D eigenvalue weighted by Gasteiger charge is 2.15. The molecule has 0 amide bonds. The summed E-state index contributed by atoms with van der Waals surface area (Å²) in [6.45, 7) is 0.645. The number of nitrogens with zero attached hydrogens (tertiary/aromatic N) is 3. The summed E-state index contributed by atoms with van der Waals surface area (Å²) in [4.78, 5) is 0.170. The first-order valence-electron chi connectivity index (χ1n) is 5.70. The van der Waals surface area contributed by atoms with Crippen LogP contribution in [-0.2, 0) is 16.6 Å². The number of hydrogen-bond donors (Lipinski definition) is 1. The van der Waals surface area contributed by atoms with Crippen LogP contribution in [0.25, 0.3) is 0 Å². The maximum Gasteiger partial charge on any atom is 0.240 e. The van der Waals surface area contributed by atoms with Crippen molar-refractivity contribution in [1.29, 1.82) is 0 Å². The largest absolute Gasteiger partial charge is 0.496 e. The zero-order valence-corrected chi connectivity index (χ0v) is 13.1. The Morgan fingerprint density at radius 3 is 2.85 bits per heavy atom. The van der Waals surface area contributed by atoms with E-state index in [1.165, 1.54) is 25.4 Å². The van der Waals surface area contributed by atoms with Crippen LogP contribution in [0.5, 0.6) is 5.75 Å². The number of aromatic nitrogens is 3. The van der Waals surface area contributed by atoms with Crippen molar-refractivity contribution < 1.29 is 13.2 Å². The van der Waals surface area contributed by atoms with Crippen molar-refractivity contribution in [2.45, 2.75) is 11.4 Å². The van der Waals surface area contributed by atoms with E-state index in [4.69, 9.17) is 4.74 Å². The van der Waals surface area contributed by atoms with Crippen molar-refractivity contribution in [3.8, 4) is 5.75 Å². The van der Waals surface area contributed by atoms with Crippen LogP contribution >= 0.6 is 15.9 Å². The Labute approximate surface area is 125 Å². The Kier molecular flexibility index (Phi) is 4.73. The number of ether oxygens (including phenoxy) is 1. The van der Waals surface area contributed by atoms with E-state index in [1.54, 1.807) is 16.9 Å². The Morgan fingerprint density at radius 2 is 2.25 bits per heavy atom. The normalized spacial score (nSPS) is 11.5. The zero-order chi connectivity index (χ0) is 14.6. The number of hydrogen-bond acceptors (Lipinski definition) is 5. The minimum atomic E-state index is -3.56.